The molecule has 2 unspecified atom stereocenters. The summed E-state index contributed by atoms with van der Waals surface area (Å²) in [6.45, 7) is 3.53. The van der Waals surface area contributed by atoms with Crippen LogP contribution < -0.4 is 4.89 Å². The van der Waals surface area contributed by atoms with Gasteiger partial charge in [-0.1, -0.05) is 6.58 Å². The lowest BCUT2D eigenvalue weighted by molar-refractivity contribution is -0.896. The first-order valence-electron chi connectivity index (χ1n) is 6.35. The Morgan fingerprint density at radius 3 is 2.45 bits per heavy atom. The molecule has 8 heteroatoms. The van der Waals surface area contributed by atoms with Crippen molar-refractivity contribution in [3.8, 4) is 0 Å². The third-order valence-electron chi connectivity index (χ3n) is 2.89. The summed E-state index contributed by atoms with van der Waals surface area (Å²) >= 11 is 0. The second-order valence-corrected chi connectivity index (χ2v) is 6.57. The zero-order valence-corrected chi connectivity index (χ0v) is 13.2. The van der Waals surface area contributed by atoms with Gasteiger partial charge in [-0.2, -0.15) is 0 Å². The quantitative estimate of drug-likeness (QED) is 0.207. The molecule has 0 bridgehead atoms. The highest BCUT2D eigenvalue weighted by molar-refractivity contribution is 7.44. The molecule has 0 saturated carbocycles. The average Bonchev–Trinajstić information content (AvgIpc) is 2.28. The number of ether oxygens (including phenoxy) is 1. The van der Waals surface area contributed by atoms with Crippen LogP contribution in [0, 0.1) is 0 Å². The molecule has 0 aromatic heterocycles. The van der Waals surface area contributed by atoms with Crippen LogP contribution in [0.5, 0.6) is 0 Å². The van der Waals surface area contributed by atoms with E-state index in [1.165, 1.54) is 0 Å². The van der Waals surface area contributed by atoms with Crippen molar-refractivity contribution in [1.82, 2.24) is 0 Å². The number of phosphoric ester groups is 1. The number of esters is 1. The molecule has 0 aliphatic rings. The number of phosphoric acid groups is 1. The predicted octanol–water partition coefficient (Wildman–Crippen LogP) is 0.438. The zero-order chi connectivity index (χ0) is 15.8. The number of hydrogen-bond donors (Lipinski definition) is 1. The molecule has 0 spiro atoms. The van der Waals surface area contributed by atoms with Crippen molar-refractivity contribution in [1.29, 1.82) is 0 Å². The average molecular weight is 309 g/mol. The minimum atomic E-state index is -4.66. The summed E-state index contributed by atoms with van der Waals surface area (Å²) < 4.78 is 20.4. The van der Waals surface area contributed by atoms with Crippen molar-refractivity contribution in [2.75, 3.05) is 34.4 Å². The monoisotopic (exact) mass is 309 g/mol. The maximum absolute atomic E-state index is 10.9. The minimum absolute atomic E-state index is 0.0656. The fraction of sp³-hybridized carbons (Fsp3) is 0.750. The van der Waals surface area contributed by atoms with Crippen LogP contribution in [0.15, 0.2) is 12.7 Å². The Hall–Kier alpha value is -0.720. The van der Waals surface area contributed by atoms with Crippen LogP contribution in [-0.2, 0) is 18.6 Å². The van der Waals surface area contributed by atoms with E-state index in [1.807, 2.05) is 21.1 Å². The molecule has 1 N–H and O–H groups in total. The summed E-state index contributed by atoms with van der Waals surface area (Å²) in [4.78, 5) is 29.9. The number of carbonyl (C=O) groups excluding carboxylic acids is 1. The second-order valence-electron chi connectivity index (χ2n) is 5.37. The first-order chi connectivity index (χ1) is 9.06. The standard InChI is InChI=1S/C12H24NO6P/c1-5-12(14)18-9-6-7-11(13(2,3)4)8-10-19-20(15,16)17/h5,11H,1,6-10H2,2-4H3,(H-,15,16,17). The molecule has 118 valence electrons. The van der Waals surface area contributed by atoms with Crippen LogP contribution in [0.25, 0.3) is 0 Å². The van der Waals surface area contributed by atoms with E-state index < -0.39 is 13.8 Å². The molecule has 7 nitrogen and oxygen atoms in total. The third-order valence-corrected chi connectivity index (χ3v) is 3.40. The summed E-state index contributed by atoms with van der Waals surface area (Å²) in [7, 11) is 1.29. The summed E-state index contributed by atoms with van der Waals surface area (Å²) in [6, 6.07) is 0.129. The van der Waals surface area contributed by atoms with Crippen LogP contribution in [0.1, 0.15) is 19.3 Å². The van der Waals surface area contributed by atoms with E-state index in [4.69, 9.17) is 9.63 Å². The lowest BCUT2D eigenvalue weighted by atomic mass is 10.1. The van der Waals surface area contributed by atoms with Gasteiger partial charge in [0, 0.05) is 18.9 Å². The molecule has 0 amide bonds. The molecule has 0 aliphatic heterocycles. The largest absolute Gasteiger partial charge is 0.756 e. The molecular formula is C12H24NO6P. The van der Waals surface area contributed by atoms with Gasteiger partial charge in [0.25, 0.3) is 7.82 Å². The summed E-state index contributed by atoms with van der Waals surface area (Å²) in [6.07, 6.45) is 2.99. The molecule has 0 aromatic rings. The fourth-order valence-electron chi connectivity index (χ4n) is 1.77. The SMILES string of the molecule is C=CC(=O)OCCCC(CCOP(=O)([O-])O)[N+](C)(C)C. The van der Waals surface area contributed by atoms with E-state index in [9.17, 15) is 14.3 Å². The lowest BCUT2D eigenvalue weighted by Gasteiger charge is -2.34. The van der Waals surface area contributed by atoms with E-state index in [-0.39, 0.29) is 12.6 Å². The van der Waals surface area contributed by atoms with Gasteiger partial charge in [-0.3, -0.25) is 4.57 Å². The van der Waals surface area contributed by atoms with E-state index in [0.717, 1.165) is 12.5 Å². The highest BCUT2D eigenvalue weighted by Crippen LogP contribution is 2.30. The summed E-state index contributed by atoms with van der Waals surface area (Å²) in [5, 5.41) is 0. The normalized spacial score (nSPS) is 16.2. The van der Waals surface area contributed by atoms with Crippen LogP contribution in [0.4, 0.5) is 0 Å². The number of rotatable bonds is 10. The first kappa shape index (κ1) is 19.3. The van der Waals surface area contributed by atoms with Gasteiger partial charge >= 0.3 is 5.97 Å². The third kappa shape index (κ3) is 10.1. The van der Waals surface area contributed by atoms with Crippen molar-refractivity contribution in [2.45, 2.75) is 25.3 Å². The van der Waals surface area contributed by atoms with Crippen LogP contribution in [0.2, 0.25) is 0 Å². The van der Waals surface area contributed by atoms with Crippen molar-refractivity contribution in [3.63, 3.8) is 0 Å². The topological polar surface area (TPSA) is 95.9 Å². The number of carbonyl (C=O) groups is 1. The van der Waals surface area contributed by atoms with Crippen molar-refractivity contribution >= 4 is 13.8 Å². The molecule has 2 atom stereocenters. The lowest BCUT2D eigenvalue weighted by Crippen LogP contribution is -2.45. The van der Waals surface area contributed by atoms with Gasteiger partial charge in [0.05, 0.1) is 40.4 Å². The first-order valence-corrected chi connectivity index (χ1v) is 7.84. The summed E-state index contributed by atoms with van der Waals surface area (Å²) in [5.74, 6) is -0.456. The predicted molar refractivity (Wildman–Crippen MR) is 72.6 cm³/mol. The highest BCUT2D eigenvalue weighted by Gasteiger charge is 2.23. The molecule has 0 heterocycles. The zero-order valence-electron chi connectivity index (χ0n) is 12.3. The van der Waals surface area contributed by atoms with Crippen LogP contribution >= 0.6 is 7.82 Å². The second kappa shape index (κ2) is 8.54. The molecule has 0 saturated heterocycles. The van der Waals surface area contributed by atoms with Gasteiger partial charge in [-0.05, 0) is 6.42 Å². The van der Waals surface area contributed by atoms with Crippen LogP contribution in [-0.4, -0.2) is 55.7 Å². The van der Waals surface area contributed by atoms with Gasteiger partial charge in [0.1, 0.15) is 0 Å². The molecule has 0 aromatic carbocycles. The van der Waals surface area contributed by atoms with Gasteiger partial charge in [-0.25, -0.2) is 4.79 Å². The van der Waals surface area contributed by atoms with E-state index in [0.29, 0.717) is 23.9 Å². The summed E-state index contributed by atoms with van der Waals surface area (Å²) in [5.41, 5.74) is 0. The molecule has 0 radical (unpaired) electrons. The maximum atomic E-state index is 10.9. The highest BCUT2D eigenvalue weighted by atomic mass is 31.2. The Kier molecular flexibility index (Phi) is 8.23. The van der Waals surface area contributed by atoms with Gasteiger partial charge in [0.15, 0.2) is 0 Å². The van der Waals surface area contributed by atoms with Gasteiger partial charge < -0.3 is 23.5 Å². The number of nitrogens with zero attached hydrogens (tertiary/aromatic N) is 1. The Morgan fingerprint density at radius 1 is 1.40 bits per heavy atom. The Balaban J connectivity index is 4.14. The van der Waals surface area contributed by atoms with E-state index in [1.54, 1.807) is 0 Å². The molecule has 0 rings (SSSR count). The number of hydrogen-bond acceptors (Lipinski definition) is 5. The molecule has 20 heavy (non-hydrogen) atoms. The minimum Gasteiger partial charge on any atom is -0.756 e. The fourth-order valence-corrected chi connectivity index (χ4v) is 2.11. The van der Waals surface area contributed by atoms with Crippen molar-refractivity contribution in [3.05, 3.63) is 12.7 Å². The van der Waals surface area contributed by atoms with Gasteiger partial charge in [-0.15, -0.1) is 0 Å². The molecule has 0 aliphatic carbocycles. The van der Waals surface area contributed by atoms with Crippen molar-refractivity contribution in [2.24, 2.45) is 0 Å². The maximum Gasteiger partial charge on any atom is 0.330 e. The van der Waals surface area contributed by atoms with Crippen LogP contribution in [0.3, 0.4) is 0 Å². The Bertz CT molecular complexity index is 359. The van der Waals surface area contributed by atoms with Crippen molar-refractivity contribution < 1.29 is 32.9 Å². The van der Waals surface area contributed by atoms with Gasteiger partial charge in [0.2, 0.25) is 0 Å². The van der Waals surface area contributed by atoms with E-state index >= 15 is 0 Å². The molecular weight excluding hydrogens is 285 g/mol. The van der Waals surface area contributed by atoms with E-state index in [2.05, 4.69) is 11.1 Å². The Morgan fingerprint density at radius 2 is 2.00 bits per heavy atom. The number of quaternary nitrogens is 1. The Labute approximate surface area is 120 Å². The molecule has 0 fully saturated rings. The smallest absolute Gasteiger partial charge is 0.330 e.